The van der Waals surface area contributed by atoms with Crippen molar-refractivity contribution in [2.24, 2.45) is 0 Å². The van der Waals surface area contributed by atoms with E-state index in [0.29, 0.717) is 5.02 Å². The van der Waals surface area contributed by atoms with Crippen LogP contribution in [0.15, 0.2) is 24.3 Å². The Morgan fingerprint density at radius 1 is 0.840 bits per heavy atom. The summed E-state index contributed by atoms with van der Waals surface area (Å²) < 4.78 is 4.83. The second-order valence-electron chi connectivity index (χ2n) is 4.94. The molecule has 0 atom stereocenters. The molecule has 8 heteroatoms. The van der Waals surface area contributed by atoms with Gasteiger partial charge in [0, 0.05) is 22.2 Å². The summed E-state index contributed by atoms with van der Waals surface area (Å²) >= 11 is 11.2. The summed E-state index contributed by atoms with van der Waals surface area (Å²) in [5, 5.41) is 28.3. The number of benzene rings is 2. The smallest absolute Gasteiger partial charge is 0.168 e. The third kappa shape index (κ3) is 5.27. The molecule has 3 N–H and O–H groups in total. The van der Waals surface area contributed by atoms with Gasteiger partial charge < -0.3 is 20.1 Å². The molecule has 0 saturated carbocycles. The largest absolute Gasteiger partial charge is 0.504 e. The highest BCUT2D eigenvalue weighted by atomic mass is 35.5. The molecule has 134 valence electrons. The first-order valence-corrected chi connectivity index (χ1v) is 7.63. The van der Waals surface area contributed by atoms with E-state index >= 15 is 0 Å². The van der Waals surface area contributed by atoms with Gasteiger partial charge in [0.25, 0.3) is 0 Å². The molecule has 0 aliphatic rings. The van der Waals surface area contributed by atoms with Gasteiger partial charge in [-0.2, -0.15) is 0 Å². The Hall–Kier alpha value is -2.44. The Morgan fingerprint density at radius 2 is 1.28 bits per heavy atom. The van der Waals surface area contributed by atoms with Gasteiger partial charge in [-0.15, -0.1) is 0 Å². The normalized spacial score (nSPS) is 9.80. The first kappa shape index (κ1) is 20.6. The minimum atomic E-state index is -0.424. The standard InChI is InChI=1S/C9H9ClO3.C8H7ClO3/c1-5(11)7-3-6(10)4-8(13-2)9(7)12;1-4(10)6-2-5(9)3-7(11)8(6)12/h3-4,12H,1-2H3;2-3,11-12H,1H3. The van der Waals surface area contributed by atoms with Gasteiger partial charge in [-0.1, -0.05) is 23.2 Å². The fourth-order valence-corrected chi connectivity index (χ4v) is 2.27. The van der Waals surface area contributed by atoms with Crippen molar-refractivity contribution in [3.05, 3.63) is 45.4 Å². The van der Waals surface area contributed by atoms with E-state index in [4.69, 9.17) is 38.2 Å². The number of ether oxygens (including phenoxy) is 1. The van der Waals surface area contributed by atoms with Crippen LogP contribution in [0, 0.1) is 0 Å². The molecule has 0 aromatic heterocycles. The van der Waals surface area contributed by atoms with Crippen LogP contribution in [0.5, 0.6) is 23.0 Å². The third-order valence-electron chi connectivity index (χ3n) is 3.07. The predicted molar refractivity (Wildman–Crippen MR) is 94.5 cm³/mol. The van der Waals surface area contributed by atoms with Crippen molar-refractivity contribution in [2.75, 3.05) is 7.11 Å². The highest BCUT2D eigenvalue weighted by Gasteiger charge is 2.13. The number of carbonyl (C=O) groups is 2. The SMILES string of the molecule is CC(=O)c1cc(Cl)cc(O)c1O.COc1cc(Cl)cc(C(C)=O)c1O. The van der Waals surface area contributed by atoms with Crippen molar-refractivity contribution < 1.29 is 29.6 Å². The Morgan fingerprint density at radius 3 is 1.72 bits per heavy atom. The number of carbonyl (C=O) groups excluding carboxylic acids is 2. The fraction of sp³-hybridized carbons (Fsp3) is 0.176. The molecular weight excluding hydrogens is 371 g/mol. The number of halogens is 2. The molecule has 0 heterocycles. The zero-order valence-electron chi connectivity index (χ0n) is 13.6. The van der Waals surface area contributed by atoms with E-state index in [1.807, 2.05) is 0 Å². The van der Waals surface area contributed by atoms with Crippen molar-refractivity contribution in [1.29, 1.82) is 0 Å². The molecule has 6 nitrogen and oxygen atoms in total. The zero-order chi connectivity index (χ0) is 19.3. The average molecular weight is 387 g/mol. The van der Waals surface area contributed by atoms with E-state index < -0.39 is 5.75 Å². The van der Waals surface area contributed by atoms with Crippen LogP contribution >= 0.6 is 23.2 Å². The molecule has 0 bridgehead atoms. The van der Waals surface area contributed by atoms with Crippen LogP contribution in [0.2, 0.25) is 10.0 Å². The van der Waals surface area contributed by atoms with Crippen LogP contribution in [0.25, 0.3) is 0 Å². The third-order valence-corrected chi connectivity index (χ3v) is 3.51. The van der Waals surface area contributed by atoms with E-state index in [2.05, 4.69) is 0 Å². The van der Waals surface area contributed by atoms with Gasteiger partial charge in [-0.05, 0) is 26.0 Å². The van der Waals surface area contributed by atoms with Crippen LogP contribution in [0.1, 0.15) is 34.6 Å². The number of hydrogen-bond donors (Lipinski definition) is 3. The van der Waals surface area contributed by atoms with Crippen LogP contribution in [-0.4, -0.2) is 34.0 Å². The van der Waals surface area contributed by atoms with Crippen LogP contribution in [0.3, 0.4) is 0 Å². The van der Waals surface area contributed by atoms with E-state index in [1.54, 1.807) is 0 Å². The summed E-state index contributed by atoms with van der Waals surface area (Å²) in [4.78, 5) is 21.9. The molecule has 2 aromatic rings. The quantitative estimate of drug-likeness (QED) is 0.538. The van der Waals surface area contributed by atoms with Crippen LogP contribution in [-0.2, 0) is 0 Å². The maximum atomic E-state index is 11.0. The number of Topliss-reactive ketones (excluding diaryl/α,β-unsaturated/α-hetero) is 2. The monoisotopic (exact) mass is 386 g/mol. The molecule has 2 rings (SSSR count). The predicted octanol–water partition coefficient (Wildman–Crippen LogP) is 4.21. The lowest BCUT2D eigenvalue weighted by molar-refractivity contribution is 0.100. The maximum Gasteiger partial charge on any atom is 0.168 e. The Balaban J connectivity index is 0.000000251. The molecule has 0 saturated heterocycles. The van der Waals surface area contributed by atoms with Gasteiger partial charge in [-0.3, -0.25) is 9.59 Å². The van der Waals surface area contributed by atoms with Gasteiger partial charge in [-0.25, -0.2) is 0 Å². The Bertz CT molecular complexity index is 817. The zero-order valence-corrected chi connectivity index (χ0v) is 15.1. The topological polar surface area (TPSA) is 104 Å². The van der Waals surface area contributed by atoms with Crippen LogP contribution < -0.4 is 4.74 Å². The van der Waals surface area contributed by atoms with Crippen molar-refractivity contribution >= 4 is 34.8 Å². The number of phenols is 3. The summed E-state index contributed by atoms with van der Waals surface area (Å²) in [5.74, 6) is -1.36. The first-order valence-electron chi connectivity index (χ1n) is 6.88. The second kappa shape index (κ2) is 8.60. The lowest BCUT2D eigenvalue weighted by Gasteiger charge is -2.06. The van der Waals surface area contributed by atoms with E-state index in [0.717, 1.165) is 0 Å². The van der Waals surface area contributed by atoms with Crippen LogP contribution in [0.4, 0.5) is 0 Å². The molecule has 0 amide bonds. The van der Waals surface area contributed by atoms with Crippen molar-refractivity contribution in [2.45, 2.75) is 13.8 Å². The van der Waals surface area contributed by atoms with Gasteiger partial charge >= 0.3 is 0 Å². The highest BCUT2D eigenvalue weighted by Crippen LogP contribution is 2.33. The molecule has 0 fully saturated rings. The lowest BCUT2D eigenvalue weighted by atomic mass is 10.1. The summed E-state index contributed by atoms with van der Waals surface area (Å²) in [6.45, 7) is 2.63. The first-order chi connectivity index (χ1) is 11.6. The maximum absolute atomic E-state index is 11.0. The molecule has 0 spiro atoms. The molecule has 25 heavy (non-hydrogen) atoms. The number of methoxy groups -OCH3 is 1. The molecule has 0 aliphatic heterocycles. The molecule has 0 aliphatic carbocycles. The van der Waals surface area contributed by atoms with Crippen molar-refractivity contribution in [1.82, 2.24) is 0 Å². The highest BCUT2D eigenvalue weighted by molar-refractivity contribution is 6.31. The Kier molecular flexibility index (Phi) is 7.09. The number of aromatic hydroxyl groups is 3. The van der Waals surface area contributed by atoms with E-state index in [-0.39, 0.29) is 45.0 Å². The Labute approximate surface area is 154 Å². The summed E-state index contributed by atoms with van der Waals surface area (Å²) in [5.41, 5.74) is 0.198. The van der Waals surface area contributed by atoms with E-state index in [1.165, 1.54) is 45.2 Å². The second-order valence-corrected chi connectivity index (χ2v) is 5.81. The van der Waals surface area contributed by atoms with Gasteiger partial charge in [0.2, 0.25) is 0 Å². The van der Waals surface area contributed by atoms with Gasteiger partial charge in [0.15, 0.2) is 34.6 Å². The van der Waals surface area contributed by atoms with E-state index in [9.17, 15) is 14.7 Å². The number of ketones is 2. The minimum absolute atomic E-state index is 0.0278. The van der Waals surface area contributed by atoms with Gasteiger partial charge in [0.1, 0.15) is 0 Å². The molecule has 0 radical (unpaired) electrons. The minimum Gasteiger partial charge on any atom is -0.504 e. The number of rotatable bonds is 3. The van der Waals surface area contributed by atoms with Gasteiger partial charge in [0.05, 0.1) is 18.2 Å². The van der Waals surface area contributed by atoms with Crippen molar-refractivity contribution in [3.63, 3.8) is 0 Å². The number of hydrogen-bond acceptors (Lipinski definition) is 6. The summed E-state index contributed by atoms with van der Waals surface area (Å²) in [6, 6.07) is 5.33. The molecule has 0 unspecified atom stereocenters. The van der Waals surface area contributed by atoms with Crippen molar-refractivity contribution in [3.8, 4) is 23.0 Å². The average Bonchev–Trinajstić information content (AvgIpc) is 2.52. The summed E-state index contributed by atoms with van der Waals surface area (Å²) in [7, 11) is 1.40. The fourth-order valence-electron chi connectivity index (χ4n) is 1.85. The lowest BCUT2D eigenvalue weighted by Crippen LogP contribution is -1.95. The molecule has 2 aromatic carbocycles. The summed E-state index contributed by atoms with van der Waals surface area (Å²) in [6.07, 6.45) is 0. The molecular formula is C17H16Cl2O6. The number of phenolic OH excluding ortho intramolecular Hbond substituents is 3.